The predicted octanol–water partition coefficient (Wildman–Crippen LogP) is 4.04. The number of methoxy groups -OCH3 is 1. The van der Waals surface area contributed by atoms with E-state index < -0.39 is 30.9 Å². The van der Waals surface area contributed by atoms with Crippen LogP contribution >= 0.6 is 0 Å². The number of ketones is 1. The van der Waals surface area contributed by atoms with Crippen molar-refractivity contribution >= 4 is 11.8 Å². The Bertz CT molecular complexity index is 830. The van der Waals surface area contributed by atoms with Gasteiger partial charge in [-0.25, -0.2) is 4.79 Å². The molecule has 0 radical (unpaired) electrons. The second kappa shape index (κ2) is 8.57. The molecule has 8 heteroatoms. The molecule has 5 nitrogen and oxygen atoms in total. The number of benzene rings is 2. The smallest absolute Gasteiger partial charge is 0.416 e. The lowest BCUT2D eigenvalue weighted by Crippen LogP contribution is -2.17. The van der Waals surface area contributed by atoms with Crippen LogP contribution in [0.4, 0.5) is 13.2 Å². The summed E-state index contributed by atoms with van der Waals surface area (Å²) in [6.07, 6.45) is -4.54. The molecule has 0 aromatic heterocycles. The Morgan fingerprint density at radius 3 is 2.37 bits per heavy atom. The first-order chi connectivity index (χ1) is 12.7. The van der Waals surface area contributed by atoms with Crippen LogP contribution in [-0.4, -0.2) is 25.5 Å². The molecule has 2 rings (SSSR count). The fourth-order valence-corrected chi connectivity index (χ4v) is 2.27. The Hall–Kier alpha value is -3.03. The summed E-state index contributed by atoms with van der Waals surface area (Å²) in [5, 5.41) is 0. The maximum atomic E-state index is 12.9. The molecule has 0 heterocycles. The van der Waals surface area contributed by atoms with Gasteiger partial charge in [0.05, 0.1) is 12.7 Å². The van der Waals surface area contributed by atoms with Gasteiger partial charge < -0.3 is 14.2 Å². The van der Waals surface area contributed by atoms with E-state index in [9.17, 15) is 22.8 Å². The Labute approximate surface area is 153 Å². The molecule has 2 aromatic carbocycles. The van der Waals surface area contributed by atoms with Gasteiger partial charge in [-0.15, -0.1) is 0 Å². The first-order valence-corrected chi connectivity index (χ1v) is 7.85. The number of carbonyl (C=O) groups excluding carboxylic acids is 2. The van der Waals surface area contributed by atoms with Gasteiger partial charge >= 0.3 is 12.1 Å². The highest BCUT2D eigenvalue weighted by Crippen LogP contribution is 2.32. The maximum absolute atomic E-state index is 12.9. The Balaban J connectivity index is 1.97. The summed E-state index contributed by atoms with van der Waals surface area (Å²) in [6, 6.07) is 9.27. The molecule has 27 heavy (non-hydrogen) atoms. The third kappa shape index (κ3) is 5.47. The number of ether oxygens (including phenoxy) is 3. The molecule has 0 aliphatic carbocycles. The topological polar surface area (TPSA) is 61.8 Å². The lowest BCUT2D eigenvalue weighted by molar-refractivity contribution is -0.149. The van der Waals surface area contributed by atoms with Crippen LogP contribution in [0.1, 0.15) is 28.4 Å². The third-order valence-electron chi connectivity index (χ3n) is 3.63. The second-order valence-electron chi connectivity index (χ2n) is 5.53. The lowest BCUT2D eigenvalue weighted by Gasteiger charge is -2.14. The van der Waals surface area contributed by atoms with E-state index in [-0.39, 0.29) is 22.8 Å². The average molecular weight is 382 g/mol. The fourth-order valence-electron chi connectivity index (χ4n) is 2.27. The Kier molecular flexibility index (Phi) is 6.44. The van der Waals surface area contributed by atoms with Crippen molar-refractivity contribution in [2.24, 2.45) is 0 Å². The largest absolute Gasteiger partial charge is 0.493 e. The van der Waals surface area contributed by atoms with Gasteiger partial charge in [-0.05, 0) is 31.2 Å². The third-order valence-corrected chi connectivity index (χ3v) is 3.63. The van der Waals surface area contributed by atoms with E-state index in [1.54, 1.807) is 0 Å². The van der Waals surface area contributed by atoms with Crippen molar-refractivity contribution in [3.8, 4) is 11.5 Å². The number of carbonyl (C=O) groups is 2. The number of halogens is 3. The molecule has 0 fully saturated rings. The van der Waals surface area contributed by atoms with Crippen molar-refractivity contribution in [1.29, 1.82) is 0 Å². The minimum atomic E-state index is -4.54. The number of hydrogen-bond donors (Lipinski definition) is 0. The monoisotopic (exact) mass is 382 g/mol. The van der Waals surface area contributed by atoms with Crippen molar-refractivity contribution in [2.75, 3.05) is 13.7 Å². The Morgan fingerprint density at radius 2 is 1.74 bits per heavy atom. The molecule has 0 N–H and O–H groups in total. The quantitative estimate of drug-likeness (QED) is 0.534. The molecule has 0 saturated carbocycles. The van der Waals surface area contributed by atoms with Crippen LogP contribution in [0.3, 0.4) is 0 Å². The molecular weight excluding hydrogens is 365 g/mol. The van der Waals surface area contributed by atoms with Gasteiger partial charge in [-0.1, -0.05) is 18.2 Å². The summed E-state index contributed by atoms with van der Waals surface area (Å²) in [7, 11) is 1.37. The summed E-state index contributed by atoms with van der Waals surface area (Å²) in [4.78, 5) is 23.2. The summed E-state index contributed by atoms with van der Waals surface area (Å²) < 4.78 is 54.0. The molecule has 144 valence electrons. The number of alkyl halides is 3. The van der Waals surface area contributed by atoms with Crippen LogP contribution in [0.2, 0.25) is 0 Å². The molecule has 0 amide bonds. The first-order valence-electron chi connectivity index (χ1n) is 7.85. The summed E-state index contributed by atoms with van der Waals surface area (Å²) in [5.41, 5.74) is -0.604. The fraction of sp³-hybridized carbons (Fsp3) is 0.263. The van der Waals surface area contributed by atoms with Crippen molar-refractivity contribution in [3.63, 3.8) is 0 Å². The normalized spacial score (nSPS) is 11.0. The van der Waals surface area contributed by atoms with E-state index in [1.165, 1.54) is 50.4 Å². The van der Waals surface area contributed by atoms with Gasteiger partial charge in [0.2, 0.25) is 0 Å². The van der Waals surface area contributed by atoms with Gasteiger partial charge in [0.25, 0.3) is 0 Å². The van der Waals surface area contributed by atoms with Crippen LogP contribution in [0.25, 0.3) is 0 Å². The van der Waals surface area contributed by atoms with Gasteiger partial charge in [0, 0.05) is 11.1 Å². The minimum absolute atomic E-state index is 0.151. The standard InChI is InChI=1S/C19H17F3O5/c1-12(23)13-7-8-16(17(9-13)25-2)26-11-18(24)27-10-14-5-3-4-6-15(14)19(20,21)22/h3-9H,10-11H2,1-2H3. The van der Waals surface area contributed by atoms with Gasteiger partial charge in [-0.2, -0.15) is 13.2 Å². The summed E-state index contributed by atoms with van der Waals surface area (Å²) in [6.45, 7) is 0.341. The van der Waals surface area contributed by atoms with Crippen LogP contribution in [0.15, 0.2) is 42.5 Å². The van der Waals surface area contributed by atoms with Crippen LogP contribution in [-0.2, 0) is 22.3 Å². The van der Waals surface area contributed by atoms with E-state index in [1.807, 2.05) is 0 Å². The highest BCUT2D eigenvalue weighted by molar-refractivity contribution is 5.94. The minimum Gasteiger partial charge on any atom is -0.493 e. The Morgan fingerprint density at radius 1 is 1.04 bits per heavy atom. The molecule has 0 saturated heterocycles. The number of Topliss-reactive ketones (excluding diaryl/α,β-unsaturated/α-hetero) is 1. The summed E-state index contributed by atoms with van der Waals surface area (Å²) in [5.74, 6) is -0.555. The van der Waals surface area contributed by atoms with E-state index in [0.717, 1.165) is 6.07 Å². The zero-order valence-electron chi connectivity index (χ0n) is 14.6. The highest BCUT2D eigenvalue weighted by Gasteiger charge is 2.33. The maximum Gasteiger partial charge on any atom is 0.416 e. The number of rotatable bonds is 7. The molecular formula is C19H17F3O5. The molecule has 0 aliphatic heterocycles. The highest BCUT2D eigenvalue weighted by atomic mass is 19.4. The first kappa shape index (κ1) is 20.3. The van der Waals surface area contributed by atoms with Crippen molar-refractivity contribution in [1.82, 2.24) is 0 Å². The summed E-state index contributed by atoms with van der Waals surface area (Å²) >= 11 is 0. The second-order valence-corrected chi connectivity index (χ2v) is 5.53. The van der Waals surface area contributed by atoms with Crippen LogP contribution in [0.5, 0.6) is 11.5 Å². The number of hydrogen-bond acceptors (Lipinski definition) is 5. The molecule has 0 bridgehead atoms. The zero-order valence-corrected chi connectivity index (χ0v) is 14.6. The molecule has 0 unspecified atom stereocenters. The molecule has 2 aromatic rings. The van der Waals surface area contributed by atoms with E-state index in [0.29, 0.717) is 5.56 Å². The molecule has 0 aliphatic rings. The van der Waals surface area contributed by atoms with Gasteiger partial charge in [0.1, 0.15) is 6.61 Å². The average Bonchev–Trinajstić information content (AvgIpc) is 2.63. The van der Waals surface area contributed by atoms with Crippen molar-refractivity contribution in [2.45, 2.75) is 19.7 Å². The SMILES string of the molecule is COc1cc(C(C)=O)ccc1OCC(=O)OCc1ccccc1C(F)(F)F. The van der Waals surface area contributed by atoms with E-state index in [4.69, 9.17) is 14.2 Å². The van der Waals surface area contributed by atoms with E-state index >= 15 is 0 Å². The van der Waals surface area contributed by atoms with Crippen LogP contribution < -0.4 is 9.47 Å². The van der Waals surface area contributed by atoms with Gasteiger partial charge in [-0.3, -0.25) is 4.79 Å². The van der Waals surface area contributed by atoms with E-state index in [2.05, 4.69) is 0 Å². The molecule has 0 spiro atoms. The lowest BCUT2D eigenvalue weighted by atomic mass is 10.1. The molecule has 0 atom stereocenters. The zero-order chi connectivity index (χ0) is 20.0. The van der Waals surface area contributed by atoms with Crippen molar-refractivity contribution in [3.05, 3.63) is 59.2 Å². The van der Waals surface area contributed by atoms with Gasteiger partial charge in [0.15, 0.2) is 23.9 Å². The van der Waals surface area contributed by atoms with Crippen LogP contribution in [0, 0.1) is 0 Å². The number of esters is 1. The van der Waals surface area contributed by atoms with Crippen molar-refractivity contribution < 1.29 is 37.0 Å². The predicted molar refractivity (Wildman–Crippen MR) is 89.7 cm³/mol.